The Morgan fingerprint density at radius 1 is 1.27 bits per heavy atom. The minimum Gasteiger partial charge on any atom is -0.356 e. The summed E-state index contributed by atoms with van der Waals surface area (Å²) in [5.41, 5.74) is 0.932. The molecule has 0 aliphatic carbocycles. The highest BCUT2D eigenvalue weighted by atomic mass is 35.5. The van der Waals surface area contributed by atoms with Crippen LogP contribution in [0.2, 0.25) is 10.0 Å². The van der Waals surface area contributed by atoms with Gasteiger partial charge in [-0.25, -0.2) is 4.98 Å². The van der Waals surface area contributed by atoms with Gasteiger partial charge in [-0.1, -0.05) is 29.3 Å². The van der Waals surface area contributed by atoms with Crippen LogP contribution in [0, 0.1) is 0 Å². The fourth-order valence-corrected chi connectivity index (χ4v) is 2.53. The molecule has 0 aliphatic rings. The average molecular weight is 341 g/mol. The number of hydrogen-bond donors (Lipinski definition) is 2. The van der Waals surface area contributed by atoms with Gasteiger partial charge in [0, 0.05) is 30.7 Å². The minimum atomic E-state index is 0.545. The highest BCUT2D eigenvalue weighted by Crippen LogP contribution is 2.24. The summed E-state index contributed by atoms with van der Waals surface area (Å²) in [5, 5.41) is 11.8. The molecule has 0 saturated carbocycles. The number of benzene rings is 1. The van der Waals surface area contributed by atoms with Crippen LogP contribution in [0.15, 0.2) is 29.5 Å². The molecule has 1 aromatic carbocycles. The van der Waals surface area contributed by atoms with E-state index in [1.165, 1.54) is 6.33 Å². The lowest BCUT2D eigenvalue weighted by atomic mass is 10.1. The molecule has 2 N–H and O–H groups in total. The van der Waals surface area contributed by atoms with Gasteiger partial charge in [0.25, 0.3) is 0 Å². The molecule has 0 radical (unpaired) electrons. The molecule has 22 heavy (non-hydrogen) atoms. The maximum atomic E-state index is 6.15. The average Bonchev–Trinajstić information content (AvgIpc) is 2.90. The second-order valence-corrected chi connectivity index (χ2v) is 5.42. The van der Waals surface area contributed by atoms with Gasteiger partial charge in [0.2, 0.25) is 0 Å². The summed E-state index contributed by atoms with van der Waals surface area (Å²) in [5.74, 6) is 1.52. The van der Waals surface area contributed by atoms with Gasteiger partial charge in [-0.2, -0.15) is 5.10 Å². The molecule has 1 heterocycles. The van der Waals surface area contributed by atoms with Gasteiger partial charge in [-0.3, -0.25) is 9.67 Å². The Hall–Kier alpha value is -1.79. The summed E-state index contributed by atoms with van der Waals surface area (Å²) < 4.78 is 1.71. The first-order chi connectivity index (χ1) is 10.6. The Morgan fingerprint density at radius 2 is 2.00 bits per heavy atom. The summed E-state index contributed by atoms with van der Waals surface area (Å²) in [6.45, 7) is 1.21. The summed E-state index contributed by atoms with van der Waals surface area (Å²) >= 11 is 12.3. The third-order valence-electron chi connectivity index (χ3n) is 3.17. The Bertz CT molecular complexity index is 632. The molecule has 118 valence electrons. The van der Waals surface area contributed by atoms with Gasteiger partial charge < -0.3 is 10.6 Å². The van der Waals surface area contributed by atoms with Crippen LogP contribution < -0.4 is 10.6 Å². The van der Waals surface area contributed by atoms with Crippen molar-refractivity contribution in [2.45, 2.75) is 13.0 Å². The van der Waals surface area contributed by atoms with E-state index in [-0.39, 0.29) is 0 Å². The van der Waals surface area contributed by atoms with E-state index in [2.05, 4.69) is 25.7 Å². The van der Waals surface area contributed by atoms with E-state index in [9.17, 15) is 0 Å². The summed E-state index contributed by atoms with van der Waals surface area (Å²) in [6, 6.07) is 5.51. The van der Waals surface area contributed by atoms with E-state index in [4.69, 9.17) is 23.2 Å². The van der Waals surface area contributed by atoms with Crippen LogP contribution in [0.25, 0.3) is 0 Å². The molecule has 0 spiro atoms. The lowest BCUT2D eigenvalue weighted by molar-refractivity contribution is 0.672. The van der Waals surface area contributed by atoms with Crippen molar-refractivity contribution >= 4 is 29.2 Å². The second kappa shape index (κ2) is 8.00. The summed E-state index contributed by atoms with van der Waals surface area (Å²) in [4.78, 5) is 8.31. The van der Waals surface area contributed by atoms with Crippen molar-refractivity contribution in [1.29, 1.82) is 0 Å². The molecule has 0 aliphatic heterocycles. The lowest BCUT2D eigenvalue weighted by Crippen LogP contribution is -2.38. The number of rotatable bonds is 5. The van der Waals surface area contributed by atoms with E-state index in [1.54, 1.807) is 11.7 Å². The molecule has 0 saturated heterocycles. The lowest BCUT2D eigenvalue weighted by Gasteiger charge is -2.12. The van der Waals surface area contributed by atoms with Crippen LogP contribution in [-0.4, -0.2) is 34.3 Å². The van der Waals surface area contributed by atoms with Gasteiger partial charge in [0.1, 0.15) is 12.2 Å². The molecular formula is C14H18Cl2N6. The van der Waals surface area contributed by atoms with Crippen LogP contribution in [-0.2, 0) is 20.0 Å². The number of guanidine groups is 1. The van der Waals surface area contributed by atoms with Crippen molar-refractivity contribution in [2.24, 2.45) is 12.0 Å². The highest BCUT2D eigenvalue weighted by Gasteiger charge is 2.06. The number of aliphatic imine (C=N–C) groups is 1. The molecule has 2 aromatic rings. The first-order valence-corrected chi connectivity index (χ1v) is 7.57. The maximum absolute atomic E-state index is 6.15. The zero-order chi connectivity index (χ0) is 15.9. The van der Waals surface area contributed by atoms with Crippen molar-refractivity contribution in [1.82, 2.24) is 25.4 Å². The smallest absolute Gasteiger partial charge is 0.191 e. The Balaban J connectivity index is 1.83. The zero-order valence-corrected chi connectivity index (χ0v) is 14.0. The number of aryl methyl sites for hydroxylation is 1. The van der Waals surface area contributed by atoms with Crippen molar-refractivity contribution < 1.29 is 0 Å². The van der Waals surface area contributed by atoms with Crippen LogP contribution in [0.4, 0.5) is 0 Å². The number of hydrogen-bond acceptors (Lipinski definition) is 3. The summed E-state index contributed by atoms with van der Waals surface area (Å²) in [7, 11) is 3.56. The fraction of sp³-hybridized carbons (Fsp3) is 0.357. The Morgan fingerprint density at radius 3 is 2.59 bits per heavy atom. The number of nitrogens with zero attached hydrogens (tertiary/aromatic N) is 4. The van der Waals surface area contributed by atoms with Crippen molar-refractivity contribution in [3.63, 3.8) is 0 Å². The Kier molecular flexibility index (Phi) is 6.03. The zero-order valence-electron chi connectivity index (χ0n) is 12.5. The predicted octanol–water partition coefficient (Wildman–Crippen LogP) is 2.03. The molecule has 0 atom stereocenters. The molecule has 2 rings (SSSR count). The standard InChI is InChI=1S/C14H18Cl2N6/c1-17-14(19-8-13-20-9-21-22(13)2)18-7-6-10-11(15)4-3-5-12(10)16/h3-5,9H,6-8H2,1-2H3,(H2,17,18,19). The maximum Gasteiger partial charge on any atom is 0.191 e. The molecule has 0 bridgehead atoms. The van der Waals surface area contributed by atoms with Crippen LogP contribution in [0.1, 0.15) is 11.4 Å². The van der Waals surface area contributed by atoms with Crippen molar-refractivity contribution in [3.05, 3.63) is 46.0 Å². The first-order valence-electron chi connectivity index (χ1n) is 6.82. The first kappa shape index (κ1) is 16.6. The van der Waals surface area contributed by atoms with E-state index in [0.29, 0.717) is 35.5 Å². The molecule has 6 nitrogen and oxygen atoms in total. The largest absolute Gasteiger partial charge is 0.356 e. The number of halogens is 2. The molecular weight excluding hydrogens is 323 g/mol. The molecule has 1 aromatic heterocycles. The van der Waals surface area contributed by atoms with E-state index >= 15 is 0 Å². The quantitative estimate of drug-likeness (QED) is 0.645. The van der Waals surface area contributed by atoms with Gasteiger partial charge in [-0.15, -0.1) is 0 Å². The van der Waals surface area contributed by atoms with Crippen LogP contribution >= 0.6 is 23.2 Å². The monoisotopic (exact) mass is 340 g/mol. The van der Waals surface area contributed by atoms with Gasteiger partial charge in [0.15, 0.2) is 5.96 Å². The van der Waals surface area contributed by atoms with Crippen LogP contribution in [0.3, 0.4) is 0 Å². The fourth-order valence-electron chi connectivity index (χ4n) is 1.94. The van der Waals surface area contributed by atoms with Crippen LogP contribution in [0.5, 0.6) is 0 Å². The number of aromatic nitrogens is 3. The molecule has 8 heteroatoms. The third-order valence-corrected chi connectivity index (χ3v) is 3.88. The van der Waals surface area contributed by atoms with Gasteiger partial charge in [0.05, 0.1) is 6.54 Å². The highest BCUT2D eigenvalue weighted by molar-refractivity contribution is 6.35. The van der Waals surface area contributed by atoms with Crippen molar-refractivity contribution in [2.75, 3.05) is 13.6 Å². The minimum absolute atomic E-state index is 0.545. The normalized spacial score (nSPS) is 11.5. The number of nitrogens with one attached hydrogen (secondary N) is 2. The molecule has 0 amide bonds. The van der Waals surface area contributed by atoms with Gasteiger partial charge in [-0.05, 0) is 24.1 Å². The summed E-state index contributed by atoms with van der Waals surface area (Å²) in [6.07, 6.45) is 2.23. The SMILES string of the molecule is CN=C(NCCc1c(Cl)cccc1Cl)NCc1ncnn1C. The van der Waals surface area contributed by atoms with E-state index in [0.717, 1.165) is 11.4 Å². The van der Waals surface area contributed by atoms with Crippen molar-refractivity contribution in [3.8, 4) is 0 Å². The van der Waals surface area contributed by atoms with Gasteiger partial charge >= 0.3 is 0 Å². The topological polar surface area (TPSA) is 67.1 Å². The van der Waals surface area contributed by atoms with E-state index in [1.807, 2.05) is 25.2 Å². The second-order valence-electron chi connectivity index (χ2n) is 4.60. The molecule has 0 fully saturated rings. The molecule has 0 unspecified atom stereocenters. The Labute approximate surface area is 139 Å². The predicted molar refractivity (Wildman–Crippen MR) is 89.4 cm³/mol. The van der Waals surface area contributed by atoms with E-state index < -0.39 is 0 Å². The third kappa shape index (κ3) is 4.35.